The molecule has 1 heterocycles. The lowest BCUT2D eigenvalue weighted by molar-refractivity contribution is -0.172. The van der Waals surface area contributed by atoms with Gasteiger partial charge in [-0.15, -0.1) is 0 Å². The van der Waals surface area contributed by atoms with Gasteiger partial charge in [0.2, 0.25) is 5.82 Å². The van der Waals surface area contributed by atoms with Crippen molar-refractivity contribution in [1.29, 1.82) is 0 Å². The molecule has 0 bridgehead atoms. The first kappa shape index (κ1) is 16.2. The molecule has 1 rings (SSSR count). The molecule has 0 aromatic carbocycles. The highest BCUT2D eigenvalue weighted by Crippen LogP contribution is 2.14. The number of hydrogen-bond acceptors (Lipinski definition) is 6. The Bertz CT molecular complexity index is 466. The van der Waals surface area contributed by atoms with E-state index >= 15 is 0 Å². The zero-order valence-corrected chi connectivity index (χ0v) is 11.0. The van der Waals surface area contributed by atoms with E-state index in [9.17, 15) is 18.0 Å². The molecule has 1 N–H and O–H groups in total. The van der Waals surface area contributed by atoms with E-state index in [-0.39, 0.29) is 19.0 Å². The predicted octanol–water partition coefficient (Wildman–Crippen LogP) is 1.56. The fraction of sp³-hybridized carbons (Fsp3) is 0.545. The van der Waals surface area contributed by atoms with Gasteiger partial charge in [-0.25, -0.2) is 14.8 Å². The van der Waals surface area contributed by atoms with Crippen molar-refractivity contribution >= 4 is 11.8 Å². The van der Waals surface area contributed by atoms with Gasteiger partial charge in [0.25, 0.3) is 0 Å². The van der Waals surface area contributed by atoms with E-state index in [2.05, 4.69) is 24.8 Å². The Hall–Kier alpha value is -1.90. The number of aromatic nitrogens is 2. The summed E-state index contributed by atoms with van der Waals surface area (Å²) in [5.41, 5.74) is 0.527. The molecular weight excluding hydrogens is 279 g/mol. The zero-order valence-electron chi connectivity index (χ0n) is 11.0. The molecule has 9 heteroatoms. The van der Waals surface area contributed by atoms with Gasteiger partial charge < -0.3 is 14.8 Å². The van der Waals surface area contributed by atoms with Crippen LogP contribution in [0.1, 0.15) is 16.3 Å². The van der Waals surface area contributed by atoms with Gasteiger partial charge in [0.05, 0.1) is 13.7 Å². The van der Waals surface area contributed by atoms with Crippen LogP contribution in [0.3, 0.4) is 0 Å². The summed E-state index contributed by atoms with van der Waals surface area (Å²) in [4.78, 5) is 19.0. The number of halogens is 3. The second-order valence-corrected chi connectivity index (χ2v) is 3.80. The zero-order chi connectivity index (χ0) is 15.2. The van der Waals surface area contributed by atoms with Crippen LogP contribution in [0.5, 0.6) is 0 Å². The molecule has 0 spiro atoms. The number of anilines is 1. The van der Waals surface area contributed by atoms with Gasteiger partial charge in [0.1, 0.15) is 12.4 Å². The van der Waals surface area contributed by atoms with Gasteiger partial charge in [-0.2, -0.15) is 13.2 Å². The predicted molar refractivity (Wildman–Crippen MR) is 63.5 cm³/mol. The number of ether oxygens (including phenoxy) is 2. The average Bonchev–Trinajstić information content (AvgIpc) is 2.35. The minimum Gasteiger partial charge on any atom is -0.463 e. The molecule has 0 atom stereocenters. The molecule has 0 unspecified atom stereocenters. The number of nitrogens with one attached hydrogen (secondary N) is 1. The molecule has 0 saturated heterocycles. The maximum Gasteiger partial charge on any atom is 0.411 e. The van der Waals surface area contributed by atoms with Crippen molar-refractivity contribution in [3.05, 3.63) is 17.6 Å². The molecule has 0 saturated carbocycles. The number of aryl methyl sites for hydroxylation is 1. The normalized spacial score (nSPS) is 11.2. The molecule has 0 aliphatic heterocycles. The number of carbonyl (C=O) groups excluding carboxylic acids is 1. The van der Waals surface area contributed by atoms with Crippen LogP contribution < -0.4 is 5.32 Å². The van der Waals surface area contributed by atoms with Crippen LogP contribution in [-0.2, 0) is 9.47 Å². The largest absolute Gasteiger partial charge is 0.463 e. The summed E-state index contributed by atoms with van der Waals surface area (Å²) in [6.45, 7) is 0.327. The molecule has 1 aromatic rings. The van der Waals surface area contributed by atoms with E-state index in [4.69, 9.17) is 0 Å². The Kier molecular flexibility index (Phi) is 5.68. The second kappa shape index (κ2) is 7.04. The van der Waals surface area contributed by atoms with Gasteiger partial charge >= 0.3 is 12.1 Å². The van der Waals surface area contributed by atoms with Gasteiger partial charge in [-0.3, -0.25) is 0 Å². The number of nitrogens with zero attached hydrogens (tertiary/aromatic N) is 2. The number of methoxy groups -OCH3 is 1. The van der Waals surface area contributed by atoms with Crippen LogP contribution in [0.25, 0.3) is 0 Å². The van der Waals surface area contributed by atoms with Crippen molar-refractivity contribution in [2.75, 3.05) is 32.2 Å². The highest BCUT2D eigenvalue weighted by atomic mass is 19.4. The average molecular weight is 293 g/mol. The molecule has 0 fully saturated rings. The van der Waals surface area contributed by atoms with Crippen molar-refractivity contribution in [2.45, 2.75) is 13.1 Å². The second-order valence-electron chi connectivity index (χ2n) is 3.80. The molecule has 0 radical (unpaired) electrons. The van der Waals surface area contributed by atoms with Crippen molar-refractivity contribution < 1.29 is 27.4 Å². The highest BCUT2D eigenvalue weighted by molar-refractivity contribution is 5.85. The smallest absolute Gasteiger partial charge is 0.411 e. The van der Waals surface area contributed by atoms with E-state index in [1.54, 1.807) is 13.0 Å². The van der Waals surface area contributed by atoms with Crippen molar-refractivity contribution in [3.8, 4) is 0 Å². The Labute approximate surface area is 113 Å². The summed E-state index contributed by atoms with van der Waals surface area (Å²) < 4.78 is 44.4. The quantitative estimate of drug-likeness (QED) is 0.634. The van der Waals surface area contributed by atoms with E-state index in [0.29, 0.717) is 11.5 Å². The lowest BCUT2D eigenvalue weighted by Crippen LogP contribution is -2.20. The third-order valence-corrected chi connectivity index (χ3v) is 2.04. The maximum absolute atomic E-state index is 11.8. The summed E-state index contributed by atoms with van der Waals surface area (Å²) in [6.07, 6.45) is -4.34. The van der Waals surface area contributed by atoms with Gasteiger partial charge in [0.15, 0.2) is 0 Å². The minimum absolute atomic E-state index is 0.118. The van der Waals surface area contributed by atoms with Gasteiger partial charge in [0, 0.05) is 18.3 Å². The maximum atomic E-state index is 11.8. The Morgan fingerprint density at radius 1 is 1.40 bits per heavy atom. The molecule has 0 aliphatic carbocycles. The first-order valence-corrected chi connectivity index (χ1v) is 5.64. The summed E-state index contributed by atoms with van der Waals surface area (Å²) >= 11 is 0. The third kappa shape index (κ3) is 5.83. The summed E-state index contributed by atoms with van der Waals surface area (Å²) in [6, 6.07) is 1.55. The molecule has 0 aliphatic rings. The summed E-state index contributed by atoms with van der Waals surface area (Å²) in [7, 11) is 1.20. The van der Waals surface area contributed by atoms with Crippen LogP contribution >= 0.6 is 0 Å². The van der Waals surface area contributed by atoms with E-state index in [1.807, 2.05) is 0 Å². The number of rotatable bonds is 6. The number of alkyl halides is 3. The SMILES string of the molecule is COC(=O)c1nc(C)cc(NCCOCC(F)(F)F)n1. The Balaban J connectivity index is 2.48. The first-order valence-electron chi connectivity index (χ1n) is 5.64. The van der Waals surface area contributed by atoms with Crippen LogP contribution in [0.2, 0.25) is 0 Å². The molecule has 112 valence electrons. The Morgan fingerprint density at radius 3 is 2.70 bits per heavy atom. The molecule has 20 heavy (non-hydrogen) atoms. The highest BCUT2D eigenvalue weighted by Gasteiger charge is 2.27. The van der Waals surface area contributed by atoms with E-state index in [1.165, 1.54) is 7.11 Å². The summed E-state index contributed by atoms with van der Waals surface area (Å²) in [5, 5.41) is 2.74. The number of esters is 1. The van der Waals surface area contributed by atoms with Crippen molar-refractivity contribution in [1.82, 2.24) is 9.97 Å². The molecular formula is C11H14F3N3O3. The number of hydrogen-bond donors (Lipinski definition) is 1. The van der Waals surface area contributed by atoms with Gasteiger partial charge in [-0.05, 0) is 6.92 Å². The molecule has 6 nitrogen and oxygen atoms in total. The summed E-state index contributed by atoms with van der Waals surface area (Å²) in [5.74, 6) is -0.496. The van der Waals surface area contributed by atoms with Crippen molar-refractivity contribution in [3.63, 3.8) is 0 Å². The monoisotopic (exact) mass is 293 g/mol. The topological polar surface area (TPSA) is 73.3 Å². The number of carbonyl (C=O) groups is 1. The first-order chi connectivity index (χ1) is 9.31. The molecule has 0 amide bonds. The van der Waals surface area contributed by atoms with E-state index < -0.39 is 18.8 Å². The fourth-order valence-corrected chi connectivity index (χ4v) is 1.28. The van der Waals surface area contributed by atoms with Gasteiger partial charge in [-0.1, -0.05) is 0 Å². The standard InChI is InChI=1S/C11H14F3N3O3/c1-7-5-8(17-9(16-7)10(18)19-2)15-3-4-20-6-11(12,13)14/h5H,3-4,6H2,1-2H3,(H,15,16,17). The van der Waals surface area contributed by atoms with Crippen LogP contribution in [0.4, 0.5) is 19.0 Å². The van der Waals surface area contributed by atoms with Crippen LogP contribution in [0, 0.1) is 6.92 Å². The minimum atomic E-state index is -4.34. The lowest BCUT2D eigenvalue weighted by atomic mass is 10.4. The van der Waals surface area contributed by atoms with Crippen LogP contribution in [-0.4, -0.2) is 49.0 Å². The Morgan fingerprint density at radius 2 is 2.10 bits per heavy atom. The molecule has 1 aromatic heterocycles. The van der Waals surface area contributed by atoms with Crippen LogP contribution in [0.15, 0.2) is 6.07 Å². The lowest BCUT2D eigenvalue weighted by Gasteiger charge is -2.09. The van der Waals surface area contributed by atoms with Crippen molar-refractivity contribution in [2.24, 2.45) is 0 Å². The third-order valence-electron chi connectivity index (χ3n) is 2.04. The fourth-order valence-electron chi connectivity index (χ4n) is 1.28. The van der Waals surface area contributed by atoms with E-state index in [0.717, 1.165) is 0 Å².